The number of benzene rings is 1. The number of hydrogen-bond donors (Lipinski definition) is 1. The van der Waals surface area contributed by atoms with Gasteiger partial charge in [0.2, 0.25) is 5.91 Å². The fraction of sp³-hybridized carbons (Fsp3) is 0.455. The lowest BCUT2D eigenvalue weighted by molar-refractivity contribution is -0.132. The van der Waals surface area contributed by atoms with E-state index >= 15 is 0 Å². The first kappa shape index (κ1) is 17.8. The molecule has 0 bridgehead atoms. The summed E-state index contributed by atoms with van der Waals surface area (Å²) >= 11 is 0. The molecule has 2 aromatic rings. The number of hydrogen-bond acceptors (Lipinski definition) is 3. The minimum atomic E-state index is -0.950. The minimum Gasteiger partial charge on any atom is -0.478 e. The van der Waals surface area contributed by atoms with E-state index in [1.165, 1.54) is 6.42 Å². The van der Waals surface area contributed by atoms with Gasteiger partial charge in [-0.1, -0.05) is 25.1 Å². The average Bonchev–Trinajstić information content (AvgIpc) is 3.58. The lowest BCUT2D eigenvalue weighted by Gasteiger charge is -2.21. The second-order valence-electron chi connectivity index (χ2n) is 7.84. The maximum Gasteiger partial charge on any atom is 0.335 e. The van der Waals surface area contributed by atoms with Gasteiger partial charge >= 0.3 is 5.97 Å². The van der Waals surface area contributed by atoms with Crippen LogP contribution in [0.3, 0.4) is 0 Å². The van der Waals surface area contributed by atoms with Crippen LogP contribution in [0.5, 0.6) is 0 Å². The van der Waals surface area contributed by atoms with Crippen LogP contribution >= 0.6 is 0 Å². The van der Waals surface area contributed by atoms with Crippen LogP contribution in [0.15, 0.2) is 40.8 Å². The molecule has 2 saturated carbocycles. The van der Waals surface area contributed by atoms with Crippen LogP contribution in [0.25, 0.3) is 0 Å². The Hall–Kier alpha value is -2.56. The number of carbonyl (C=O) groups is 2. The highest BCUT2D eigenvalue weighted by atomic mass is 16.4. The molecule has 2 fully saturated rings. The molecule has 0 spiro atoms. The first-order valence-corrected chi connectivity index (χ1v) is 9.72. The Morgan fingerprint density at radius 1 is 1.19 bits per heavy atom. The molecule has 27 heavy (non-hydrogen) atoms. The highest BCUT2D eigenvalue weighted by Gasteiger charge is 2.37. The second-order valence-corrected chi connectivity index (χ2v) is 7.84. The fourth-order valence-corrected chi connectivity index (χ4v) is 3.70. The molecular formula is C22H25NO4. The Balaban J connectivity index is 1.40. The Morgan fingerprint density at radius 2 is 1.93 bits per heavy atom. The maximum atomic E-state index is 12.8. The molecule has 2 atom stereocenters. The highest BCUT2D eigenvalue weighted by Crippen LogP contribution is 2.47. The number of carboxylic acids is 1. The fourth-order valence-electron chi connectivity index (χ4n) is 3.70. The van der Waals surface area contributed by atoms with Crippen molar-refractivity contribution in [1.29, 1.82) is 0 Å². The summed E-state index contributed by atoms with van der Waals surface area (Å²) in [5, 5.41) is 9.30. The zero-order chi connectivity index (χ0) is 19.0. The maximum absolute atomic E-state index is 12.8. The van der Waals surface area contributed by atoms with Crippen molar-refractivity contribution in [3.05, 3.63) is 59.0 Å². The summed E-state index contributed by atoms with van der Waals surface area (Å²) in [6.07, 6.45) is 4.00. The molecule has 2 aliphatic rings. The van der Waals surface area contributed by atoms with Crippen LogP contribution in [0.2, 0.25) is 0 Å². The van der Waals surface area contributed by atoms with Crippen LogP contribution < -0.4 is 0 Å². The standard InChI is InChI=1S/C22H25NO4/c1-14-12-19(14)20-10-9-17(27-20)13-23(16-7-8-16)21(24)11-6-15-4-2-3-5-18(15)22(25)26/h2-5,9-10,14,16,19H,6-8,11-13H2,1H3,(H,25,26). The zero-order valence-corrected chi connectivity index (χ0v) is 15.6. The molecule has 1 N–H and O–H groups in total. The second kappa shape index (κ2) is 7.22. The average molecular weight is 367 g/mol. The van der Waals surface area contributed by atoms with E-state index in [1.807, 2.05) is 23.1 Å². The quantitative estimate of drug-likeness (QED) is 0.758. The van der Waals surface area contributed by atoms with Crippen LogP contribution in [0.1, 0.15) is 66.0 Å². The van der Waals surface area contributed by atoms with E-state index in [0.29, 0.717) is 42.8 Å². The minimum absolute atomic E-state index is 0.0652. The normalized spacial score (nSPS) is 21.1. The van der Waals surface area contributed by atoms with Crippen LogP contribution in [0, 0.1) is 5.92 Å². The molecule has 1 amide bonds. The summed E-state index contributed by atoms with van der Waals surface area (Å²) in [5.41, 5.74) is 0.981. The third-order valence-electron chi connectivity index (χ3n) is 5.65. The molecule has 2 unspecified atom stereocenters. The van der Waals surface area contributed by atoms with E-state index < -0.39 is 5.97 Å². The number of aryl methyl sites for hydroxylation is 1. The summed E-state index contributed by atoms with van der Waals surface area (Å²) in [5.74, 6) is 2.23. The Morgan fingerprint density at radius 3 is 2.59 bits per heavy atom. The molecule has 5 nitrogen and oxygen atoms in total. The van der Waals surface area contributed by atoms with E-state index in [0.717, 1.165) is 24.4 Å². The van der Waals surface area contributed by atoms with Gasteiger partial charge in [0.05, 0.1) is 12.1 Å². The predicted octanol–water partition coefficient (Wildman–Crippen LogP) is 4.23. The molecule has 2 aliphatic carbocycles. The first-order valence-electron chi connectivity index (χ1n) is 9.72. The summed E-state index contributed by atoms with van der Waals surface area (Å²) in [6.45, 7) is 2.73. The van der Waals surface area contributed by atoms with E-state index in [1.54, 1.807) is 18.2 Å². The van der Waals surface area contributed by atoms with Gasteiger partial charge in [-0.2, -0.15) is 0 Å². The van der Waals surface area contributed by atoms with Crippen molar-refractivity contribution in [2.45, 2.75) is 57.5 Å². The molecule has 5 heteroatoms. The lowest BCUT2D eigenvalue weighted by Crippen LogP contribution is -2.32. The van der Waals surface area contributed by atoms with Crippen molar-refractivity contribution >= 4 is 11.9 Å². The third-order valence-corrected chi connectivity index (χ3v) is 5.65. The summed E-state index contributed by atoms with van der Waals surface area (Å²) in [7, 11) is 0. The number of aromatic carboxylic acids is 1. The molecular weight excluding hydrogens is 342 g/mol. The molecule has 4 rings (SSSR count). The molecule has 142 valence electrons. The van der Waals surface area contributed by atoms with Gasteiger partial charge in [-0.15, -0.1) is 0 Å². The number of rotatable bonds is 8. The van der Waals surface area contributed by atoms with Gasteiger partial charge in [0.15, 0.2) is 0 Å². The largest absolute Gasteiger partial charge is 0.478 e. The molecule has 1 heterocycles. The van der Waals surface area contributed by atoms with Crippen molar-refractivity contribution in [3.63, 3.8) is 0 Å². The number of carbonyl (C=O) groups excluding carboxylic acids is 1. The lowest BCUT2D eigenvalue weighted by atomic mass is 10.0. The number of nitrogens with zero attached hydrogens (tertiary/aromatic N) is 1. The van der Waals surface area contributed by atoms with Crippen molar-refractivity contribution in [3.8, 4) is 0 Å². The molecule has 0 aliphatic heterocycles. The Labute approximate surface area is 159 Å². The van der Waals surface area contributed by atoms with Crippen LogP contribution in [0.4, 0.5) is 0 Å². The number of furan rings is 1. The smallest absolute Gasteiger partial charge is 0.335 e. The highest BCUT2D eigenvalue weighted by molar-refractivity contribution is 5.89. The van der Waals surface area contributed by atoms with Crippen LogP contribution in [-0.4, -0.2) is 27.9 Å². The molecule has 1 aromatic heterocycles. The van der Waals surface area contributed by atoms with E-state index in [4.69, 9.17) is 4.42 Å². The van der Waals surface area contributed by atoms with Crippen molar-refractivity contribution in [1.82, 2.24) is 4.90 Å². The monoisotopic (exact) mass is 367 g/mol. The summed E-state index contributed by atoms with van der Waals surface area (Å²) < 4.78 is 5.98. The summed E-state index contributed by atoms with van der Waals surface area (Å²) in [4.78, 5) is 26.1. The predicted molar refractivity (Wildman–Crippen MR) is 101 cm³/mol. The summed E-state index contributed by atoms with van der Waals surface area (Å²) in [6, 6.07) is 11.2. The van der Waals surface area contributed by atoms with Gasteiger partial charge in [-0.3, -0.25) is 4.79 Å². The van der Waals surface area contributed by atoms with Gasteiger partial charge in [0.1, 0.15) is 11.5 Å². The third kappa shape index (κ3) is 4.07. The van der Waals surface area contributed by atoms with Gasteiger partial charge in [0, 0.05) is 18.4 Å². The topological polar surface area (TPSA) is 70.8 Å². The molecule has 1 aromatic carbocycles. The van der Waals surface area contributed by atoms with Gasteiger partial charge in [-0.05, 0) is 55.4 Å². The Kier molecular flexibility index (Phi) is 4.77. The SMILES string of the molecule is CC1CC1c1ccc(CN(C(=O)CCc2ccccc2C(=O)O)C2CC2)o1. The van der Waals surface area contributed by atoms with Gasteiger partial charge < -0.3 is 14.4 Å². The molecule has 0 saturated heterocycles. The first-order chi connectivity index (χ1) is 13.0. The van der Waals surface area contributed by atoms with Crippen molar-refractivity contribution in [2.24, 2.45) is 5.92 Å². The van der Waals surface area contributed by atoms with E-state index in [-0.39, 0.29) is 11.5 Å². The number of amides is 1. The van der Waals surface area contributed by atoms with E-state index in [9.17, 15) is 14.7 Å². The molecule has 0 radical (unpaired) electrons. The van der Waals surface area contributed by atoms with Crippen LogP contribution in [-0.2, 0) is 17.8 Å². The van der Waals surface area contributed by atoms with Gasteiger partial charge in [0.25, 0.3) is 0 Å². The van der Waals surface area contributed by atoms with Crippen molar-refractivity contribution in [2.75, 3.05) is 0 Å². The van der Waals surface area contributed by atoms with Crippen molar-refractivity contribution < 1.29 is 19.1 Å². The van der Waals surface area contributed by atoms with E-state index in [2.05, 4.69) is 6.92 Å². The van der Waals surface area contributed by atoms with Gasteiger partial charge in [-0.25, -0.2) is 4.79 Å². The Bertz CT molecular complexity index is 852. The zero-order valence-electron chi connectivity index (χ0n) is 15.6. The number of carboxylic acid groups (broad SMARTS) is 1.